The van der Waals surface area contributed by atoms with E-state index < -0.39 is 11.7 Å². The van der Waals surface area contributed by atoms with Crippen LogP contribution in [0, 0.1) is 11.8 Å². The zero-order chi connectivity index (χ0) is 14.6. The van der Waals surface area contributed by atoms with Gasteiger partial charge in [0.25, 0.3) is 0 Å². The van der Waals surface area contributed by atoms with Crippen molar-refractivity contribution in [3.8, 4) is 11.8 Å². The zero-order valence-corrected chi connectivity index (χ0v) is 10.2. The summed E-state index contributed by atoms with van der Waals surface area (Å²) in [5.74, 6) is 5.51. The van der Waals surface area contributed by atoms with Crippen LogP contribution in [0.4, 0.5) is 13.2 Å². The zero-order valence-electron chi connectivity index (χ0n) is 10.2. The second-order valence-electron chi connectivity index (χ2n) is 4.03. The molecule has 0 aliphatic heterocycles. The molecule has 0 aliphatic rings. The molecule has 100 valence electrons. The maximum Gasteiger partial charge on any atom is 0.416 e. The van der Waals surface area contributed by atoms with Gasteiger partial charge in [-0.2, -0.15) is 13.2 Å². The fraction of sp³-hybridized carbons (Fsp3) is 0.0625. The Morgan fingerprint density at radius 2 is 1.55 bits per heavy atom. The maximum absolute atomic E-state index is 12.4. The van der Waals surface area contributed by atoms with Gasteiger partial charge in [0.15, 0.2) is 6.29 Å². The molecule has 1 nitrogen and oxygen atoms in total. The number of alkyl halides is 3. The number of carbonyl (C=O) groups is 1. The fourth-order valence-corrected chi connectivity index (χ4v) is 1.60. The van der Waals surface area contributed by atoms with E-state index in [0.29, 0.717) is 23.0 Å². The number of rotatable bonds is 1. The smallest absolute Gasteiger partial charge is 0.298 e. The average Bonchev–Trinajstić information content (AvgIpc) is 2.45. The summed E-state index contributed by atoms with van der Waals surface area (Å²) in [6.07, 6.45) is -3.66. The van der Waals surface area contributed by atoms with Gasteiger partial charge >= 0.3 is 6.18 Å². The van der Waals surface area contributed by atoms with Gasteiger partial charge < -0.3 is 0 Å². The van der Waals surface area contributed by atoms with Gasteiger partial charge in [0.1, 0.15) is 0 Å². The lowest BCUT2D eigenvalue weighted by atomic mass is 10.1. The first-order chi connectivity index (χ1) is 9.50. The number of carbonyl (C=O) groups excluding carboxylic acids is 1. The van der Waals surface area contributed by atoms with Gasteiger partial charge in [-0.05, 0) is 30.3 Å². The Balaban J connectivity index is 2.27. The van der Waals surface area contributed by atoms with E-state index in [-0.39, 0.29) is 0 Å². The van der Waals surface area contributed by atoms with Crippen molar-refractivity contribution in [1.82, 2.24) is 0 Å². The molecule has 2 rings (SSSR count). The van der Waals surface area contributed by atoms with Crippen molar-refractivity contribution in [2.75, 3.05) is 0 Å². The lowest BCUT2D eigenvalue weighted by Crippen LogP contribution is -2.04. The van der Waals surface area contributed by atoms with E-state index in [1.807, 2.05) is 0 Å². The Hall–Kier alpha value is -2.54. The lowest BCUT2D eigenvalue weighted by Gasteiger charge is -2.05. The topological polar surface area (TPSA) is 17.1 Å². The van der Waals surface area contributed by atoms with Crippen molar-refractivity contribution in [1.29, 1.82) is 0 Å². The molecular formula is C16H9F3O. The van der Waals surface area contributed by atoms with E-state index in [1.54, 1.807) is 24.3 Å². The van der Waals surface area contributed by atoms with E-state index in [9.17, 15) is 18.0 Å². The highest BCUT2D eigenvalue weighted by molar-refractivity contribution is 5.79. The van der Waals surface area contributed by atoms with E-state index in [0.717, 1.165) is 12.1 Å². The molecule has 2 aromatic rings. The van der Waals surface area contributed by atoms with Gasteiger partial charge in [0, 0.05) is 16.7 Å². The third-order valence-electron chi connectivity index (χ3n) is 2.64. The van der Waals surface area contributed by atoms with Crippen molar-refractivity contribution in [2.45, 2.75) is 6.18 Å². The molecule has 20 heavy (non-hydrogen) atoms. The first-order valence-electron chi connectivity index (χ1n) is 5.74. The molecule has 4 heteroatoms. The predicted molar refractivity (Wildman–Crippen MR) is 69.3 cm³/mol. The van der Waals surface area contributed by atoms with E-state index >= 15 is 0 Å². The third kappa shape index (κ3) is 3.27. The Bertz CT molecular complexity index is 673. The normalized spacial score (nSPS) is 10.6. The Morgan fingerprint density at radius 1 is 0.900 bits per heavy atom. The number of aldehydes is 1. The molecule has 0 bridgehead atoms. The van der Waals surface area contributed by atoms with Crippen LogP contribution in [0.3, 0.4) is 0 Å². The molecule has 0 heterocycles. The number of benzene rings is 2. The summed E-state index contributed by atoms with van der Waals surface area (Å²) in [6.45, 7) is 0. The van der Waals surface area contributed by atoms with Crippen LogP contribution in [0.2, 0.25) is 0 Å². The molecule has 0 atom stereocenters. The van der Waals surface area contributed by atoms with Crippen molar-refractivity contribution in [2.24, 2.45) is 0 Å². The van der Waals surface area contributed by atoms with Gasteiger partial charge in [-0.3, -0.25) is 4.79 Å². The fourth-order valence-electron chi connectivity index (χ4n) is 1.60. The third-order valence-corrected chi connectivity index (χ3v) is 2.64. The summed E-state index contributed by atoms with van der Waals surface area (Å²) in [4.78, 5) is 10.8. The molecule has 0 aliphatic carbocycles. The molecule has 0 amide bonds. The highest BCUT2D eigenvalue weighted by Gasteiger charge is 2.29. The lowest BCUT2D eigenvalue weighted by molar-refractivity contribution is -0.137. The number of hydrogen-bond donors (Lipinski definition) is 0. The molecule has 0 saturated heterocycles. The highest BCUT2D eigenvalue weighted by Crippen LogP contribution is 2.28. The van der Waals surface area contributed by atoms with Gasteiger partial charge in [-0.25, -0.2) is 0 Å². The predicted octanol–water partition coefficient (Wildman–Crippen LogP) is 3.92. The van der Waals surface area contributed by atoms with E-state index in [1.165, 1.54) is 12.1 Å². The van der Waals surface area contributed by atoms with Crippen molar-refractivity contribution in [3.63, 3.8) is 0 Å². The SMILES string of the molecule is O=Cc1ccccc1C#Cc1ccc(C(F)(F)F)cc1. The van der Waals surface area contributed by atoms with Crippen molar-refractivity contribution in [3.05, 3.63) is 70.8 Å². The maximum atomic E-state index is 12.4. The molecule has 0 saturated carbocycles. The summed E-state index contributed by atoms with van der Waals surface area (Å²) in [5, 5.41) is 0. The Labute approximate surface area is 114 Å². The summed E-state index contributed by atoms with van der Waals surface area (Å²) >= 11 is 0. The quantitative estimate of drug-likeness (QED) is 0.569. The highest BCUT2D eigenvalue weighted by atomic mass is 19.4. The second-order valence-corrected chi connectivity index (χ2v) is 4.03. The summed E-state index contributed by atoms with van der Waals surface area (Å²) in [5.41, 5.74) is 0.740. The molecule has 0 fully saturated rings. The van der Waals surface area contributed by atoms with E-state index in [2.05, 4.69) is 11.8 Å². The molecule has 0 spiro atoms. The summed E-state index contributed by atoms with van der Waals surface area (Å²) in [6, 6.07) is 11.3. The van der Waals surface area contributed by atoms with Crippen LogP contribution in [-0.2, 0) is 6.18 Å². The van der Waals surface area contributed by atoms with Crippen LogP contribution in [0.1, 0.15) is 27.0 Å². The minimum Gasteiger partial charge on any atom is -0.298 e. The van der Waals surface area contributed by atoms with Crippen LogP contribution in [-0.4, -0.2) is 6.29 Å². The largest absolute Gasteiger partial charge is 0.416 e. The van der Waals surface area contributed by atoms with Gasteiger partial charge in [-0.1, -0.05) is 30.0 Å². The number of hydrogen-bond acceptors (Lipinski definition) is 1. The van der Waals surface area contributed by atoms with Crippen LogP contribution >= 0.6 is 0 Å². The number of halogens is 3. The standard InChI is InChI=1S/C16H9F3O/c17-16(18,19)15-9-6-12(7-10-15)5-8-13-3-1-2-4-14(13)11-20/h1-4,6-7,9-11H. The molecule has 0 N–H and O–H groups in total. The van der Waals surface area contributed by atoms with E-state index in [4.69, 9.17) is 0 Å². The van der Waals surface area contributed by atoms with Crippen LogP contribution in [0.5, 0.6) is 0 Å². The van der Waals surface area contributed by atoms with Crippen molar-refractivity contribution >= 4 is 6.29 Å². The van der Waals surface area contributed by atoms with Gasteiger partial charge in [0.05, 0.1) is 5.56 Å². The molecule has 2 aromatic carbocycles. The second kappa shape index (κ2) is 5.62. The van der Waals surface area contributed by atoms with Crippen LogP contribution < -0.4 is 0 Å². The summed E-state index contributed by atoms with van der Waals surface area (Å²) < 4.78 is 37.2. The van der Waals surface area contributed by atoms with Gasteiger partial charge in [0.2, 0.25) is 0 Å². The van der Waals surface area contributed by atoms with Gasteiger partial charge in [-0.15, -0.1) is 0 Å². The Morgan fingerprint density at radius 3 is 2.15 bits per heavy atom. The molecular weight excluding hydrogens is 265 g/mol. The first kappa shape index (κ1) is 13.9. The minimum atomic E-state index is -4.35. The van der Waals surface area contributed by atoms with Crippen LogP contribution in [0.15, 0.2) is 48.5 Å². The average molecular weight is 274 g/mol. The minimum absolute atomic E-state index is 0.451. The first-order valence-corrected chi connectivity index (χ1v) is 5.74. The molecule has 0 aromatic heterocycles. The molecule has 0 radical (unpaired) electrons. The Kier molecular flexibility index (Phi) is 3.90. The van der Waals surface area contributed by atoms with Crippen LogP contribution in [0.25, 0.3) is 0 Å². The molecule has 0 unspecified atom stereocenters. The van der Waals surface area contributed by atoms with Crippen molar-refractivity contribution < 1.29 is 18.0 Å². The summed E-state index contributed by atoms with van der Waals surface area (Å²) in [7, 11) is 0. The monoisotopic (exact) mass is 274 g/mol.